The number of aromatic nitrogens is 2. The Balaban J connectivity index is 1.79. The molecule has 4 nitrogen and oxygen atoms in total. The minimum absolute atomic E-state index is 0.229. The molecule has 0 saturated carbocycles. The molecular weight excluding hydrogens is 358 g/mol. The van der Waals surface area contributed by atoms with Crippen LogP contribution in [0.2, 0.25) is 0 Å². The highest BCUT2D eigenvalue weighted by atomic mass is 19.1. The van der Waals surface area contributed by atoms with Crippen molar-refractivity contribution in [2.45, 2.75) is 26.8 Å². The van der Waals surface area contributed by atoms with Crippen LogP contribution in [0.3, 0.4) is 0 Å². The van der Waals surface area contributed by atoms with Gasteiger partial charge < -0.3 is 10.6 Å². The first kappa shape index (κ1) is 18.7. The second-order valence-electron chi connectivity index (χ2n) is 7.91. The second kappa shape index (κ2) is 7.43. The fourth-order valence-corrected chi connectivity index (χ4v) is 4.17. The average Bonchev–Trinajstić information content (AvgIpc) is 2.67. The maximum Gasteiger partial charge on any atom is 0.140 e. The van der Waals surface area contributed by atoms with Crippen LogP contribution in [0.5, 0.6) is 0 Å². The Morgan fingerprint density at radius 1 is 1.11 bits per heavy atom. The molecule has 2 aromatic heterocycles. The van der Waals surface area contributed by atoms with Crippen LogP contribution in [-0.2, 0) is 6.54 Å². The third-order valence-electron chi connectivity index (χ3n) is 5.35. The molecule has 3 heterocycles. The molecule has 0 unspecified atom stereocenters. The molecule has 0 radical (unpaired) electrons. The number of halogens is 2. The Labute approximate surface area is 163 Å². The van der Waals surface area contributed by atoms with E-state index in [2.05, 4.69) is 28.7 Å². The number of hydrogen-bond donors (Lipinski definition) is 1. The van der Waals surface area contributed by atoms with Crippen molar-refractivity contribution >= 4 is 16.6 Å². The maximum atomic E-state index is 15.3. The van der Waals surface area contributed by atoms with Crippen molar-refractivity contribution in [3.05, 3.63) is 53.9 Å². The number of nitrogens with zero attached hydrogens (tertiary/aromatic N) is 3. The lowest BCUT2D eigenvalue weighted by Gasteiger charge is -2.36. The molecule has 1 aliphatic heterocycles. The molecule has 2 N–H and O–H groups in total. The van der Waals surface area contributed by atoms with Gasteiger partial charge >= 0.3 is 0 Å². The summed E-state index contributed by atoms with van der Waals surface area (Å²) in [5.74, 6) is 0.737. The van der Waals surface area contributed by atoms with Gasteiger partial charge in [0.1, 0.15) is 17.5 Å². The standard InChI is InChI=1S/C22H24F2N4/c1-13-5-14(2)12-28(11-13)21-7-16(23)6-20(27-21)18-4-3-15-10-26-17(9-25)8-19(15)22(18)24/h3-4,6-8,10,13-14H,5,9,11-12,25H2,1-2H3/t13-,14+. The summed E-state index contributed by atoms with van der Waals surface area (Å²) in [6.45, 7) is 6.26. The van der Waals surface area contributed by atoms with Gasteiger partial charge in [0.25, 0.3) is 0 Å². The minimum Gasteiger partial charge on any atom is -0.356 e. The molecule has 1 aromatic carbocycles. The molecule has 1 aliphatic rings. The third kappa shape index (κ3) is 3.56. The molecule has 1 fully saturated rings. The Morgan fingerprint density at radius 3 is 2.57 bits per heavy atom. The summed E-state index contributed by atoms with van der Waals surface area (Å²) in [6, 6.07) is 7.77. The third-order valence-corrected chi connectivity index (χ3v) is 5.35. The van der Waals surface area contributed by atoms with E-state index < -0.39 is 11.6 Å². The summed E-state index contributed by atoms with van der Waals surface area (Å²) in [4.78, 5) is 10.9. The van der Waals surface area contributed by atoms with Gasteiger partial charge in [0, 0.05) is 54.3 Å². The monoisotopic (exact) mass is 382 g/mol. The van der Waals surface area contributed by atoms with Crippen molar-refractivity contribution in [2.75, 3.05) is 18.0 Å². The fourth-order valence-electron chi connectivity index (χ4n) is 4.17. The van der Waals surface area contributed by atoms with E-state index in [1.807, 2.05) is 0 Å². The van der Waals surface area contributed by atoms with Crippen molar-refractivity contribution in [2.24, 2.45) is 17.6 Å². The van der Waals surface area contributed by atoms with Crippen LogP contribution >= 0.6 is 0 Å². The molecule has 28 heavy (non-hydrogen) atoms. The molecule has 3 aromatic rings. The van der Waals surface area contributed by atoms with E-state index in [4.69, 9.17) is 5.73 Å². The number of nitrogens with two attached hydrogens (primary N) is 1. The SMILES string of the molecule is C[C@@H]1C[C@H](C)CN(c2cc(F)cc(-c3ccc4cnc(CN)cc4c3F)n2)C1. The summed E-state index contributed by atoms with van der Waals surface area (Å²) >= 11 is 0. The second-order valence-corrected chi connectivity index (χ2v) is 7.91. The molecule has 0 bridgehead atoms. The summed E-state index contributed by atoms with van der Waals surface area (Å²) in [6.07, 6.45) is 2.75. The predicted molar refractivity (Wildman–Crippen MR) is 108 cm³/mol. The molecule has 146 valence electrons. The van der Waals surface area contributed by atoms with Gasteiger partial charge in [-0.3, -0.25) is 4.98 Å². The molecule has 0 spiro atoms. The van der Waals surface area contributed by atoms with Gasteiger partial charge in [-0.25, -0.2) is 13.8 Å². The van der Waals surface area contributed by atoms with Gasteiger partial charge in [-0.05, 0) is 30.4 Å². The van der Waals surface area contributed by atoms with Crippen molar-refractivity contribution in [3.63, 3.8) is 0 Å². The first-order chi connectivity index (χ1) is 13.4. The first-order valence-corrected chi connectivity index (χ1v) is 9.64. The quantitative estimate of drug-likeness (QED) is 0.724. The van der Waals surface area contributed by atoms with E-state index in [9.17, 15) is 4.39 Å². The van der Waals surface area contributed by atoms with Crippen LogP contribution in [-0.4, -0.2) is 23.1 Å². The highest BCUT2D eigenvalue weighted by Crippen LogP contribution is 2.31. The van der Waals surface area contributed by atoms with E-state index in [1.165, 1.54) is 12.1 Å². The van der Waals surface area contributed by atoms with Gasteiger partial charge in [0.15, 0.2) is 0 Å². The number of fused-ring (bicyclic) bond motifs is 1. The lowest BCUT2D eigenvalue weighted by molar-refractivity contribution is 0.355. The van der Waals surface area contributed by atoms with Crippen LogP contribution in [0.15, 0.2) is 36.5 Å². The van der Waals surface area contributed by atoms with Gasteiger partial charge in [-0.2, -0.15) is 0 Å². The molecule has 0 aliphatic carbocycles. The maximum absolute atomic E-state index is 15.3. The van der Waals surface area contributed by atoms with Crippen LogP contribution in [0.4, 0.5) is 14.6 Å². The zero-order valence-electron chi connectivity index (χ0n) is 16.1. The van der Waals surface area contributed by atoms with Gasteiger partial charge in [-0.1, -0.05) is 19.9 Å². The largest absolute Gasteiger partial charge is 0.356 e. The normalized spacial score (nSPS) is 20.0. The summed E-state index contributed by atoms with van der Waals surface area (Å²) in [7, 11) is 0. The van der Waals surface area contributed by atoms with Gasteiger partial charge in [0.05, 0.1) is 11.4 Å². The average molecular weight is 382 g/mol. The number of pyridine rings is 2. The molecule has 1 saturated heterocycles. The van der Waals surface area contributed by atoms with Crippen LogP contribution in [0.1, 0.15) is 26.0 Å². The highest BCUT2D eigenvalue weighted by Gasteiger charge is 2.24. The van der Waals surface area contributed by atoms with E-state index in [0.717, 1.165) is 19.5 Å². The lowest BCUT2D eigenvalue weighted by atomic mass is 9.92. The highest BCUT2D eigenvalue weighted by molar-refractivity contribution is 5.87. The van der Waals surface area contributed by atoms with Crippen LogP contribution in [0.25, 0.3) is 22.0 Å². The fraction of sp³-hybridized carbons (Fsp3) is 0.364. The van der Waals surface area contributed by atoms with Crippen LogP contribution < -0.4 is 10.6 Å². The van der Waals surface area contributed by atoms with Crippen molar-refractivity contribution in [3.8, 4) is 11.3 Å². The van der Waals surface area contributed by atoms with E-state index in [0.29, 0.717) is 39.8 Å². The van der Waals surface area contributed by atoms with E-state index >= 15 is 4.39 Å². The summed E-state index contributed by atoms with van der Waals surface area (Å²) in [5.41, 5.74) is 6.81. The zero-order valence-corrected chi connectivity index (χ0v) is 16.1. The Bertz CT molecular complexity index is 1010. The topological polar surface area (TPSA) is 55.0 Å². The summed E-state index contributed by atoms with van der Waals surface area (Å²) < 4.78 is 29.7. The van der Waals surface area contributed by atoms with E-state index in [-0.39, 0.29) is 12.1 Å². The van der Waals surface area contributed by atoms with Crippen LogP contribution in [0, 0.1) is 23.5 Å². The number of hydrogen-bond acceptors (Lipinski definition) is 4. The minimum atomic E-state index is -0.431. The smallest absolute Gasteiger partial charge is 0.140 e. The van der Waals surface area contributed by atoms with Crippen molar-refractivity contribution in [1.82, 2.24) is 9.97 Å². The molecule has 2 atom stereocenters. The zero-order chi connectivity index (χ0) is 19.8. The molecular formula is C22H24F2N4. The number of rotatable bonds is 3. The van der Waals surface area contributed by atoms with Gasteiger partial charge in [-0.15, -0.1) is 0 Å². The Hall–Kier alpha value is -2.60. The summed E-state index contributed by atoms with van der Waals surface area (Å²) in [5, 5.41) is 1.09. The van der Waals surface area contributed by atoms with E-state index in [1.54, 1.807) is 24.4 Å². The predicted octanol–water partition coefficient (Wildman–Crippen LogP) is 4.52. The molecule has 4 rings (SSSR count). The number of anilines is 1. The molecule has 6 heteroatoms. The van der Waals surface area contributed by atoms with Crippen molar-refractivity contribution < 1.29 is 8.78 Å². The number of piperidine rings is 1. The Kier molecular flexibility index (Phi) is 4.98. The van der Waals surface area contributed by atoms with Gasteiger partial charge in [0.2, 0.25) is 0 Å². The first-order valence-electron chi connectivity index (χ1n) is 9.64. The van der Waals surface area contributed by atoms with Crippen molar-refractivity contribution in [1.29, 1.82) is 0 Å². The molecule has 0 amide bonds. The number of benzene rings is 1. The lowest BCUT2D eigenvalue weighted by Crippen LogP contribution is -2.39. The Morgan fingerprint density at radius 2 is 1.86 bits per heavy atom.